The zero-order valence-corrected chi connectivity index (χ0v) is 10.1. The quantitative estimate of drug-likeness (QED) is 0.759. The molecular weight excluding hydrogens is 190 g/mol. The van der Waals surface area contributed by atoms with E-state index in [1.54, 1.807) is 4.90 Å². The first-order valence-electron chi connectivity index (χ1n) is 5.82. The van der Waals surface area contributed by atoms with Gasteiger partial charge in [-0.2, -0.15) is 0 Å². The summed E-state index contributed by atoms with van der Waals surface area (Å²) in [7, 11) is 3.63. The van der Waals surface area contributed by atoms with Crippen molar-refractivity contribution in [1.82, 2.24) is 15.1 Å². The Kier molecular flexibility index (Phi) is 4.88. The Hall–Kier alpha value is -0.770. The summed E-state index contributed by atoms with van der Waals surface area (Å²) in [6.07, 6.45) is 2.38. The average molecular weight is 213 g/mol. The summed E-state index contributed by atoms with van der Waals surface area (Å²) in [5, 5.41) is 3.34. The molecule has 88 valence electrons. The standard InChI is InChI=1S/C11H23N3O/c1-4-14(11(15)13(2)3)9-10-5-7-12-8-6-10/h10,12H,4-9H2,1-3H3. The highest BCUT2D eigenvalue weighted by atomic mass is 16.2. The number of urea groups is 1. The summed E-state index contributed by atoms with van der Waals surface area (Å²) in [6.45, 7) is 5.95. The molecule has 0 spiro atoms. The molecule has 1 rings (SSSR count). The molecule has 0 bridgehead atoms. The summed E-state index contributed by atoms with van der Waals surface area (Å²) >= 11 is 0. The highest BCUT2D eigenvalue weighted by Gasteiger charge is 2.20. The van der Waals surface area contributed by atoms with Gasteiger partial charge in [0.05, 0.1) is 0 Å². The Morgan fingerprint density at radius 1 is 1.33 bits per heavy atom. The first-order chi connectivity index (χ1) is 7.15. The molecule has 0 saturated carbocycles. The van der Waals surface area contributed by atoms with Crippen molar-refractivity contribution in [3.05, 3.63) is 0 Å². The zero-order chi connectivity index (χ0) is 11.3. The first kappa shape index (κ1) is 12.3. The van der Waals surface area contributed by atoms with Crippen LogP contribution >= 0.6 is 0 Å². The minimum absolute atomic E-state index is 0.135. The van der Waals surface area contributed by atoms with Crippen molar-refractivity contribution >= 4 is 6.03 Å². The molecule has 15 heavy (non-hydrogen) atoms. The van der Waals surface area contributed by atoms with Crippen LogP contribution in [-0.4, -0.2) is 56.1 Å². The van der Waals surface area contributed by atoms with Gasteiger partial charge in [0, 0.05) is 27.2 Å². The third-order valence-corrected chi connectivity index (χ3v) is 2.97. The van der Waals surface area contributed by atoms with Gasteiger partial charge in [-0.05, 0) is 38.8 Å². The third-order valence-electron chi connectivity index (χ3n) is 2.97. The molecule has 0 aromatic rings. The van der Waals surface area contributed by atoms with E-state index in [9.17, 15) is 4.79 Å². The van der Waals surface area contributed by atoms with Gasteiger partial charge >= 0.3 is 6.03 Å². The number of carbonyl (C=O) groups excluding carboxylic acids is 1. The number of nitrogens with zero attached hydrogens (tertiary/aromatic N) is 2. The normalized spacial score (nSPS) is 17.5. The van der Waals surface area contributed by atoms with Crippen molar-refractivity contribution in [2.45, 2.75) is 19.8 Å². The molecule has 1 aliphatic heterocycles. The van der Waals surface area contributed by atoms with Crippen molar-refractivity contribution in [1.29, 1.82) is 0 Å². The molecule has 2 amide bonds. The molecule has 1 N–H and O–H groups in total. The van der Waals surface area contributed by atoms with Crippen molar-refractivity contribution in [2.24, 2.45) is 5.92 Å². The first-order valence-corrected chi connectivity index (χ1v) is 5.82. The van der Waals surface area contributed by atoms with E-state index in [-0.39, 0.29) is 6.03 Å². The fourth-order valence-electron chi connectivity index (χ4n) is 2.00. The van der Waals surface area contributed by atoms with E-state index in [1.165, 1.54) is 12.8 Å². The molecule has 0 atom stereocenters. The molecule has 1 fully saturated rings. The molecular formula is C11H23N3O. The number of hydrogen-bond donors (Lipinski definition) is 1. The van der Waals surface area contributed by atoms with Gasteiger partial charge in [-0.1, -0.05) is 0 Å². The molecule has 0 aromatic heterocycles. The van der Waals surface area contributed by atoms with Crippen molar-refractivity contribution in [3.8, 4) is 0 Å². The highest BCUT2D eigenvalue weighted by Crippen LogP contribution is 2.13. The lowest BCUT2D eigenvalue weighted by molar-refractivity contribution is 0.159. The zero-order valence-electron chi connectivity index (χ0n) is 10.1. The second kappa shape index (κ2) is 5.95. The number of hydrogen-bond acceptors (Lipinski definition) is 2. The SMILES string of the molecule is CCN(CC1CCNCC1)C(=O)N(C)C. The average Bonchev–Trinajstić information content (AvgIpc) is 2.26. The number of amides is 2. The molecule has 0 radical (unpaired) electrons. The van der Waals surface area contributed by atoms with Gasteiger partial charge in [-0.3, -0.25) is 0 Å². The number of rotatable bonds is 3. The van der Waals surface area contributed by atoms with Crippen LogP contribution in [0.3, 0.4) is 0 Å². The molecule has 4 heteroatoms. The van der Waals surface area contributed by atoms with Gasteiger partial charge in [0.25, 0.3) is 0 Å². The van der Waals surface area contributed by atoms with Crippen molar-refractivity contribution in [2.75, 3.05) is 40.3 Å². The van der Waals surface area contributed by atoms with E-state index < -0.39 is 0 Å². The van der Waals surface area contributed by atoms with E-state index in [0.29, 0.717) is 5.92 Å². The Bertz CT molecular complexity index is 200. The number of piperidine rings is 1. The number of carbonyl (C=O) groups is 1. The van der Waals surface area contributed by atoms with E-state index in [2.05, 4.69) is 5.32 Å². The summed E-state index contributed by atoms with van der Waals surface area (Å²) in [5.41, 5.74) is 0. The van der Waals surface area contributed by atoms with Crippen LogP contribution in [-0.2, 0) is 0 Å². The summed E-state index contributed by atoms with van der Waals surface area (Å²) < 4.78 is 0. The van der Waals surface area contributed by atoms with E-state index >= 15 is 0 Å². The third kappa shape index (κ3) is 3.70. The Labute approximate surface area is 92.6 Å². The summed E-state index contributed by atoms with van der Waals surface area (Å²) in [6, 6.07) is 0.135. The van der Waals surface area contributed by atoms with Crippen LogP contribution in [0.5, 0.6) is 0 Å². The van der Waals surface area contributed by atoms with E-state index in [1.807, 2.05) is 25.9 Å². The van der Waals surface area contributed by atoms with Gasteiger partial charge in [-0.25, -0.2) is 4.79 Å². The highest BCUT2D eigenvalue weighted by molar-refractivity contribution is 5.73. The van der Waals surface area contributed by atoms with Gasteiger partial charge in [0.2, 0.25) is 0 Å². The van der Waals surface area contributed by atoms with E-state index in [0.717, 1.165) is 26.2 Å². The van der Waals surface area contributed by atoms with Crippen LogP contribution in [0, 0.1) is 5.92 Å². The molecule has 0 aliphatic carbocycles. The van der Waals surface area contributed by atoms with Crippen LogP contribution < -0.4 is 5.32 Å². The second-order valence-electron chi connectivity index (χ2n) is 4.41. The fourth-order valence-corrected chi connectivity index (χ4v) is 2.00. The Morgan fingerprint density at radius 3 is 2.40 bits per heavy atom. The largest absolute Gasteiger partial charge is 0.331 e. The monoisotopic (exact) mass is 213 g/mol. The maximum absolute atomic E-state index is 11.8. The predicted molar refractivity (Wildman–Crippen MR) is 61.9 cm³/mol. The van der Waals surface area contributed by atoms with Gasteiger partial charge < -0.3 is 15.1 Å². The predicted octanol–water partition coefficient (Wildman–Crippen LogP) is 0.989. The summed E-state index contributed by atoms with van der Waals surface area (Å²) in [5.74, 6) is 0.676. The minimum atomic E-state index is 0.135. The minimum Gasteiger partial charge on any atom is -0.331 e. The van der Waals surface area contributed by atoms with Crippen LogP contribution in [0.15, 0.2) is 0 Å². The molecule has 1 saturated heterocycles. The molecule has 4 nitrogen and oxygen atoms in total. The maximum Gasteiger partial charge on any atom is 0.319 e. The maximum atomic E-state index is 11.8. The van der Waals surface area contributed by atoms with Gasteiger partial charge in [-0.15, -0.1) is 0 Å². The van der Waals surface area contributed by atoms with Crippen molar-refractivity contribution < 1.29 is 4.79 Å². The van der Waals surface area contributed by atoms with Crippen LogP contribution in [0.4, 0.5) is 4.79 Å². The molecule has 1 heterocycles. The van der Waals surface area contributed by atoms with Gasteiger partial charge in [0.1, 0.15) is 0 Å². The molecule has 0 unspecified atom stereocenters. The lowest BCUT2D eigenvalue weighted by atomic mass is 9.97. The van der Waals surface area contributed by atoms with E-state index in [4.69, 9.17) is 0 Å². The second-order valence-corrected chi connectivity index (χ2v) is 4.41. The Morgan fingerprint density at radius 2 is 1.93 bits per heavy atom. The van der Waals surface area contributed by atoms with Crippen LogP contribution in [0.2, 0.25) is 0 Å². The van der Waals surface area contributed by atoms with Gasteiger partial charge in [0.15, 0.2) is 0 Å². The lowest BCUT2D eigenvalue weighted by Crippen LogP contribution is -2.43. The molecule has 1 aliphatic rings. The van der Waals surface area contributed by atoms with Crippen LogP contribution in [0.1, 0.15) is 19.8 Å². The van der Waals surface area contributed by atoms with Crippen LogP contribution in [0.25, 0.3) is 0 Å². The fraction of sp³-hybridized carbons (Fsp3) is 0.909. The summed E-state index contributed by atoms with van der Waals surface area (Å²) in [4.78, 5) is 15.4. The lowest BCUT2D eigenvalue weighted by Gasteiger charge is -2.31. The number of nitrogens with one attached hydrogen (secondary N) is 1. The molecule has 0 aromatic carbocycles. The Balaban J connectivity index is 2.41. The topological polar surface area (TPSA) is 35.6 Å². The smallest absolute Gasteiger partial charge is 0.319 e. The van der Waals surface area contributed by atoms with Crippen molar-refractivity contribution in [3.63, 3.8) is 0 Å².